The van der Waals surface area contributed by atoms with Crippen LogP contribution in [0.3, 0.4) is 0 Å². The molecule has 0 amide bonds. The molecule has 22 heavy (non-hydrogen) atoms. The summed E-state index contributed by atoms with van der Waals surface area (Å²) in [6, 6.07) is 24.1. The maximum atomic E-state index is 3.62. The number of hydrogen-bond acceptors (Lipinski definition) is 2. The van der Waals surface area contributed by atoms with E-state index < -0.39 is 7.92 Å². The van der Waals surface area contributed by atoms with E-state index in [1.165, 1.54) is 38.7 Å². The molecule has 0 saturated carbocycles. The van der Waals surface area contributed by atoms with Crippen molar-refractivity contribution in [3.8, 4) is 0 Å². The standard InChI is InChI=1S/C19H15N2P/c1-21-15-9-3-5-12-18(15)22-17-11-4-2-7-13(17)20-14-8-6-10-16(21)19(14)22/h2-12,20H,1H3. The lowest BCUT2D eigenvalue weighted by molar-refractivity contribution is 1.22. The van der Waals surface area contributed by atoms with Gasteiger partial charge in [-0.3, -0.25) is 0 Å². The highest BCUT2D eigenvalue weighted by atomic mass is 31.1. The summed E-state index contributed by atoms with van der Waals surface area (Å²) in [7, 11) is 1.69. The fourth-order valence-corrected chi connectivity index (χ4v) is 6.36. The highest BCUT2D eigenvalue weighted by Crippen LogP contribution is 2.50. The number of rotatable bonds is 0. The van der Waals surface area contributed by atoms with Crippen molar-refractivity contribution in [2.45, 2.75) is 0 Å². The van der Waals surface area contributed by atoms with Crippen molar-refractivity contribution in [2.24, 2.45) is 0 Å². The van der Waals surface area contributed by atoms with Crippen molar-refractivity contribution in [2.75, 3.05) is 17.3 Å². The average molecular weight is 302 g/mol. The van der Waals surface area contributed by atoms with Crippen molar-refractivity contribution < 1.29 is 0 Å². The molecule has 2 heterocycles. The van der Waals surface area contributed by atoms with Crippen LogP contribution in [0.2, 0.25) is 0 Å². The second kappa shape index (κ2) is 4.34. The Morgan fingerprint density at radius 1 is 0.727 bits per heavy atom. The first-order chi connectivity index (χ1) is 10.8. The normalized spacial score (nSPS) is 17.1. The molecule has 2 aliphatic heterocycles. The molecule has 2 aliphatic rings. The molecule has 1 unspecified atom stereocenters. The van der Waals surface area contributed by atoms with Crippen LogP contribution in [0.5, 0.6) is 0 Å². The van der Waals surface area contributed by atoms with Crippen LogP contribution in [0.4, 0.5) is 22.7 Å². The first-order valence-corrected chi connectivity index (χ1v) is 8.81. The summed E-state index contributed by atoms with van der Waals surface area (Å²) in [5.74, 6) is 0. The van der Waals surface area contributed by atoms with Gasteiger partial charge < -0.3 is 10.2 Å². The monoisotopic (exact) mass is 302 g/mol. The molecule has 0 aromatic heterocycles. The number of nitrogens with one attached hydrogen (secondary N) is 1. The van der Waals surface area contributed by atoms with Gasteiger partial charge in [-0.25, -0.2) is 0 Å². The van der Waals surface area contributed by atoms with E-state index in [1.54, 1.807) is 0 Å². The van der Waals surface area contributed by atoms with Crippen LogP contribution in [0, 0.1) is 0 Å². The molecule has 2 nitrogen and oxygen atoms in total. The zero-order valence-electron chi connectivity index (χ0n) is 12.2. The Balaban J connectivity index is 1.90. The Hall–Kier alpha value is -2.31. The minimum Gasteiger partial charge on any atom is -0.354 e. The molecule has 0 radical (unpaired) electrons. The van der Waals surface area contributed by atoms with Crippen LogP contribution in [0.25, 0.3) is 0 Å². The van der Waals surface area contributed by atoms with E-state index in [4.69, 9.17) is 0 Å². The van der Waals surface area contributed by atoms with Crippen LogP contribution in [-0.2, 0) is 0 Å². The highest BCUT2D eigenvalue weighted by molar-refractivity contribution is 7.81. The molecule has 0 bridgehead atoms. The Morgan fingerprint density at radius 3 is 2.32 bits per heavy atom. The van der Waals surface area contributed by atoms with Gasteiger partial charge in [0.2, 0.25) is 0 Å². The van der Waals surface area contributed by atoms with Gasteiger partial charge in [0.05, 0.1) is 5.69 Å². The van der Waals surface area contributed by atoms with E-state index in [9.17, 15) is 0 Å². The number of benzene rings is 3. The first-order valence-electron chi connectivity index (χ1n) is 7.46. The van der Waals surface area contributed by atoms with E-state index in [2.05, 4.69) is 84.0 Å². The Morgan fingerprint density at radius 2 is 1.41 bits per heavy atom. The second-order valence-electron chi connectivity index (χ2n) is 5.70. The van der Waals surface area contributed by atoms with Crippen molar-refractivity contribution in [3.63, 3.8) is 0 Å². The number of para-hydroxylation sites is 2. The summed E-state index contributed by atoms with van der Waals surface area (Å²) in [6.07, 6.45) is 0. The van der Waals surface area contributed by atoms with E-state index in [0.717, 1.165) is 0 Å². The number of hydrogen-bond donors (Lipinski definition) is 1. The SMILES string of the molecule is CN1c2ccccc2P2c3ccccc3Nc3cccc1c32. The van der Waals surface area contributed by atoms with Crippen molar-refractivity contribution in [1.29, 1.82) is 0 Å². The lowest BCUT2D eigenvalue weighted by atomic mass is 10.2. The topological polar surface area (TPSA) is 15.3 Å². The van der Waals surface area contributed by atoms with Crippen LogP contribution >= 0.6 is 7.92 Å². The van der Waals surface area contributed by atoms with Gasteiger partial charge in [0.15, 0.2) is 0 Å². The Labute approximate surface area is 131 Å². The van der Waals surface area contributed by atoms with E-state index in [0.29, 0.717) is 0 Å². The molecular weight excluding hydrogens is 287 g/mol. The molecule has 3 aromatic rings. The quantitative estimate of drug-likeness (QED) is 0.499. The van der Waals surface area contributed by atoms with Crippen molar-refractivity contribution in [3.05, 3.63) is 66.7 Å². The summed E-state index contributed by atoms with van der Waals surface area (Å²) in [5, 5.41) is 7.96. The first kappa shape index (κ1) is 12.3. The van der Waals surface area contributed by atoms with Crippen molar-refractivity contribution in [1.82, 2.24) is 0 Å². The van der Waals surface area contributed by atoms with E-state index in [1.807, 2.05) is 0 Å². The summed E-state index contributed by atoms with van der Waals surface area (Å²) in [5.41, 5.74) is 5.15. The largest absolute Gasteiger partial charge is 0.354 e. The molecule has 0 saturated heterocycles. The summed E-state index contributed by atoms with van der Waals surface area (Å²) >= 11 is 0. The Bertz CT molecular complexity index is 903. The van der Waals surface area contributed by atoms with E-state index in [-0.39, 0.29) is 0 Å². The molecule has 5 rings (SSSR count). The van der Waals surface area contributed by atoms with Crippen LogP contribution in [-0.4, -0.2) is 7.05 Å². The molecule has 0 aliphatic carbocycles. The fraction of sp³-hybridized carbons (Fsp3) is 0.0526. The Kier molecular flexibility index (Phi) is 2.42. The molecule has 0 fully saturated rings. The second-order valence-corrected chi connectivity index (χ2v) is 7.78. The zero-order valence-corrected chi connectivity index (χ0v) is 13.1. The van der Waals surface area contributed by atoms with Gasteiger partial charge in [-0.15, -0.1) is 0 Å². The summed E-state index contributed by atoms with van der Waals surface area (Å²) in [6.45, 7) is 0. The van der Waals surface area contributed by atoms with Gasteiger partial charge in [-0.1, -0.05) is 42.5 Å². The van der Waals surface area contributed by atoms with Gasteiger partial charge in [0.25, 0.3) is 0 Å². The van der Waals surface area contributed by atoms with Crippen LogP contribution in [0.1, 0.15) is 0 Å². The van der Waals surface area contributed by atoms with Gasteiger partial charge in [0.1, 0.15) is 0 Å². The predicted octanol–water partition coefficient (Wildman–Crippen LogP) is 3.58. The third kappa shape index (κ3) is 1.48. The minimum absolute atomic E-state index is 0.482. The summed E-state index contributed by atoms with van der Waals surface area (Å²) in [4.78, 5) is 2.32. The molecule has 1 N–H and O–H groups in total. The molecule has 106 valence electrons. The summed E-state index contributed by atoms with van der Waals surface area (Å²) < 4.78 is 0. The highest BCUT2D eigenvalue weighted by Gasteiger charge is 2.35. The fourth-order valence-electron chi connectivity index (χ4n) is 3.49. The lowest BCUT2D eigenvalue weighted by Gasteiger charge is -2.40. The van der Waals surface area contributed by atoms with Crippen LogP contribution in [0.15, 0.2) is 66.7 Å². The maximum absolute atomic E-state index is 3.62. The van der Waals surface area contributed by atoms with Crippen LogP contribution < -0.4 is 26.1 Å². The zero-order chi connectivity index (χ0) is 14.7. The predicted molar refractivity (Wildman–Crippen MR) is 96.5 cm³/mol. The van der Waals surface area contributed by atoms with Gasteiger partial charge in [-0.2, -0.15) is 0 Å². The smallest absolute Gasteiger partial charge is 0.0514 e. The van der Waals surface area contributed by atoms with E-state index >= 15 is 0 Å². The average Bonchev–Trinajstić information content (AvgIpc) is 2.58. The maximum Gasteiger partial charge on any atom is 0.0514 e. The molecule has 1 atom stereocenters. The molecule has 3 heteroatoms. The number of anilines is 4. The molecule has 3 aromatic carbocycles. The number of nitrogens with zero attached hydrogens (tertiary/aromatic N) is 1. The van der Waals surface area contributed by atoms with Gasteiger partial charge in [-0.05, 0) is 32.2 Å². The van der Waals surface area contributed by atoms with Crippen molar-refractivity contribution >= 4 is 46.6 Å². The lowest BCUT2D eigenvalue weighted by Crippen LogP contribution is -2.38. The van der Waals surface area contributed by atoms with Gasteiger partial charge >= 0.3 is 0 Å². The third-order valence-corrected chi connectivity index (χ3v) is 7.15. The molecular formula is C19H15N2P. The molecule has 0 spiro atoms. The number of fused-ring (bicyclic) bond motifs is 4. The van der Waals surface area contributed by atoms with Gasteiger partial charge in [0, 0.05) is 40.0 Å². The third-order valence-electron chi connectivity index (χ3n) is 4.50. The minimum atomic E-state index is -0.482.